The Morgan fingerprint density at radius 1 is 1.22 bits per heavy atom. The van der Waals surface area contributed by atoms with Crippen molar-refractivity contribution in [2.45, 2.75) is 61.9 Å². The average molecular weight is 403 g/mol. The van der Waals surface area contributed by atoms with Crippen molar-refractivity contribution in [2.75, 3.05) is 18.0 Å². The lowest BCUT2D eigenvalue weighted by Gasteiger charge is -2.42. The highest BCUT2D eigenvalue weighted by atomic mass is 35.5. The van der Waals surface area contributed by atoms with Gasteiger partial charge in [0.05, 0.1) is 16.9 Å². The molecule has 2 N–H and O–H groups in total. The number of halogens is 1. The lowest BCUT2D eigenvalue weighted by molar-refractivity contribution is 0.197. The van der Waals surface area contributed by atoms with E-state index in [9.17, 15) is 0 Å². The maximum atomic E-state index is 6.43. The first-order valence-corrected chi connectivity index (χ1v) is 11.0. The molecule has 1 aliphatic heterocycles. The number of piperidine rings is 1. The van der Waals surface area contributed by atoms with E-state index in [-0.39, 0.29) is 0 Å². The van der Waals surface area contributed by atoms with E-state index < -0.39 is 0 Å². The van der Waals surface area contributed by atoms with Crippen molar-refractivity contribution in [3.8, 4) is 0 Å². The van der Waals surface area contributed by atoms with E-state index in [1.54, 1.807) is 11.8 Å². The van der Waals surface area contributed by atoms with E-state index in [4.69, 9.17) is 27.3 Å². The van der Waals surface area contributed by atoms with Crippen molar-refractivity contribution in [1.82, 2.24) is 9.97 Å². The molecule has 1 atom stereocenters. The Kier molecular flexibility index (Phi) is 5.36. The Labute approximate surface area is 170 Å². The first-order valence-electron chi connectivity index (χ1n) is 9.76. The van der Waals surface area contributed by atoms with Crippen molar-refractivity contribution in [2.24, 2.45) is 11.1 Å². The molecule has 1 aromatic heterocycles. The highest BCUT2D eigenvalue weighted by Gasteiger charge is 2.43. The molecule has 2 fully saturated rings. The van der Waals surface area contributed by atoms with Crippen LogP contribution in [0.3, 0.4) is 0 Å². The molecule has 1 aromatic carbocycles. The number of rotatable bonds is 3. The minimum Gasteiger partial charge on any atom is -0.355 e. The standard InChI is InChI=1S/C21H27ClN4S/c1-14-5-3-6-16(19(14)22)27-20-15(2)25-18(13-24-20)26-11-9-21(10-12-26)8-4-7-17(21)23/h3,5-6,13,17H,4,7-12,23H2,1-2H3/t17-/m1/s1. The van der Waals surface area contributed by atoms with Gasteiger partial charge in [0.2, 0.25) is 0 Å². The van der Waals surface area contributed by atoms with Crippen molar-refractivity contribution >= 4 is 29.2 Å². The van der Waals surface area contributed by atoms with Gasteiger partial charge in [-0.2, -0.15) is 0 Å². The largest absolute Gasteiger partial charge is 0.355 e. The molecule has 144 valence electrons. The SMILES string of the molecule is Cc1cccc(Sc2ncc(N3CCC4(CCC[C@H]4N)CC3)nc2C)c1Cl. The summed E-state index contributed by atoms with van der Waals surface area (Å²) in [6.07, 6.45) is 8.01. The Balaban J connectivity index is 1.47. The van der Waals surface area contributed by atoms with Gasteiger partial charge in [0.15, 0.2) is 0 Å². The van der Waals surface area contributed by atoms with E-state index in [0.717, 1.165) is 45.1 Å². The molecule has 0 unspecified atom stereocenters. The fourth-order valence-corrected chi connectivity index (χ4v) is 5.63. The Bertz CT molecular complexity index is 833. The predicted molar refractivity (Wildman–Crippen MR) is 113 cm³/mol. The Hall–Kier alpha value is -1.30. The zero-order valence-electron chi connectivity index (χ0n) is 16.0. The monoisotopic (exact) mass is 402 g/mol. The molecule has 0 radical (unpaired) electrons. The van der Waals surface area contributed by atoms with Crippen molar-refractivity contribution < 1.29 is 0 Å². The first-order chi connectivity index (χ1) is 13.0. The smallest absolute Gasteiger partial charge is 0.147 e. The molecule has 2 aromatic rings. The highest BCUT2D eigenvalue weighted by Crippen LogP contribution is 2.46. The van der Waals surface area contributed by atoms with Crippen LogP contribution < -0.4 is 10.6 Å². The van der Waals surface area contributed by atoms with Crippen molar-refractivity contribution in [1.29, 1.82) is 0 Å². The molecule has 0 bridgehead atoms. The van der Waals surface area contributed by atoms with Crippen LogP contribution in [0.2, 0.25) is 5.02 Å². The van der Waals surface area contributed by atoms with Crippen LogP contribution in [0.15, 0.2) is 34.3 Å². The summed E-state index contributed by atoms with van der Waals surface area (Å²) in [5.74, 6) is 0.980. The van der Waals surface area contributed by atoms with Crippen LogP contribution in [0.4, 0.5) is 5.82 Å². The van der Waals surface area contributed by atoms with Gasteiger partial charge < -0.3 is 10.6 Å². The summed E-state index contributed by atoms with van der Waals surface area (Å²) in [4.78, 5) is 12.9. The van der Waals surface area contributed by atoms with Gasteiger partial charge in [0, 0.05) is 24.0 Å². The molecule has 1 spiro atoms. The van der Waals surface area contributed by atoms with E-state index in [1.807, 2.05) is 38.2 Å². The van der Waals surface area contributed by atoms with Gasteiger partial charge in [-0.05, 0) is 56.6 Å². The molecule has 1 saturated heterocycles. The molecular formula is C21H27ClN4S. The summed E-state index contributed by atoms with van der Waals surface area (Å²) in [5, 5.41) is 1.71. The van der Waals surface area contributed by atoms with Gasteiger partial charge in [-0.1, -0.05) is 41.9 Å². The summed E-state index contributed by atoms with van der Waals surface area (Å²) >= 11 is 8.02. The van der Waals surface area contributed by atoms with E-state index in [1.165, 1.54) is 32.1 Å². The molecule has 2 aliphatic rings. The summed E-state index contributed by atoms with van der Waals surface area (Å²) in [5.41, 5.74) is 8.81. The van der Waals surface area contributed by atoms with Gasteiger partial charge in [0.25, 0.3) is 0 Å². The number of hydrogen-bond acceptors (Lipinski definition) is 5. The number of hydrogen-bond donors (Lipinski definition) is 1. The number of nitrogens with zero attached hydrogens (tertiary/aromatic N) is 3. The second-order valence-corrected chi connectivity index (χ2v) is 9.36. The van der Waals surface area contributed by atoms with Crippen LogP contribution in [0.5, 0.6) is 0 Å². The van der Waals surface area contributed by atoms with Crippen molar-refractivity contribution in [3.05, 3.63) is 40.7 Å². The molecule has 1 saturated carbocycles. The van der Waals surface area contributed by atoms with Crippen LogP contribution in [-0.2, 0) is 0 Å². The summed E-state index contributed by atoms with van der Waals surface area (Å²) in [7, 11) is 0. The third-order valence-corrected chi connectivity index (χ3v) is 8.08. The van der Waals surface area contributed by atoms with E-state index in [0.29, 0.717) is 11.5 Å². The fraction of sp³-hybridized carbons (Fsp3) is 0.524. The van der Waals surface area contributed by atoms with Gasteiger partial charge in [-0.15, -0.1) is 0 Å². The second-order valence-electron chi connectivity index (χ2n) is 7.96. The molecule has 0 amide bonds. The first kappa shape index (κ1) is 19.0. The number of aromatic nitrogens is 2. The lowest BCUT2D eigenvalue weighted by atomic mass is 9.74. The molecular weight excluding hydrogens is 376 g/mol. The molecule has 1 aliphatic carbocycles. The Morgan fingerprint density at radius 2 is 2.00 bits per heavy atom. The third kappa shape index (κ3) is 3.69. The van der Waals surface area contributed by atoms with E-state index in [2.05, 4.69) is 4.90 Å². The molecule has 6 heteroatoms. The van der Waals surface area contributed by atoms with Gasteiger partial charge >= 0.3 is 0 Å². The summed E-state index contributed by atoms with van der Waals surface area (Å²) < 4.78 is 0. The van der Waals surface area contributed by atoms with Crippen LogP contribution in [0, 0.1) is 19.3 Å². The predicted octanol–water partition coefficient (Wildman–Crippen LogP) is 5.00. The minimum absolute atomic E-state index is 0.372. The Morgan fingerprint density at radius 3 is 2.67 bits per heavy atom. The maximum Gasteiger partial charge on any atom is 0.147 e. The maximum absolute atomic E-state index is 6.43. The third-order valence-electron chi connectivity index (χ3n) is 6.31. The van der Waals surface area contributed by atoms with Crippen molar-refractivity contribution in [3.63, 3.8) is 0 Å². The number of anilines is 1. The second kappa shape index (κ2) is 7.61. The quantitative estimate of drug-likeness (QED) is 0.783. The van der Waals surface area contributed by atoms with Gasteiger partial charge in [0.1, 0.15) is 10.8 Å². The van der Waals surface area contributed by atoms with Gasteiger partial charge in [-0.3, -0.25) is 0 Å². The minimum atomic E-state index is 0.372. The lowest BCUT2D eigenvalue weighted by Crippen LogP contribution is -2.47. The molecule has 4 nitrogen and oxygen atoms in total. The van der Waals surface area contributed by atoms with Crippen LogP contribution in [0.25, 0.3) is 0 Å². The topological polar surface area (TPSA) is 55.0 Å². The number of aryl methyl sites for hydroxylation is 2. The number of nitrogens with two attached hydrogens (primary N) is 1. The van der Waals surface area contributed by atoms with Crippen LogP contribution >= 0.6 is 23.4 Å². The fourth-order valence-electron chi connectivity index (χ4n) is 4.48. The molecule has 4 rings (SSSR count). The average Bonchev–Trinajstić information content (AvgIpc) is 3.01. The van der Waals surface area contributed by atoms with Crippen LogP contribution in [-0.4, -0.2) is 29.1 Å². The van der Waals surface area contributed by atoms with Gasteiger partial charge in [-0.25, -0.2) is 9.97 Å². The summed E-state index contributed by atoms with van der Waals surface area (Å²) in [6, 6.07) is 6.46. The summed E-state index contributed by atoms with van der Waals surface area (Å²) in [6.45, 7) is 6.10. The molecule has 27 heavy (non-hydrogen) atoms. The normalized spacial score (nSPS) is 21.8. The molecule has 2 heterocycles. The van der Waals surface area contributed by atoms with Crippen LogP contribution in [0.1, 0.15) is 43.4 Å². The highest BCUT2D eigenvalue weighted by molar-refractivity contribution is 7.99. The number of benzene rings is 1. The zero-order chi connectivity index (χ0) is 19.0. The zero-order valence-corrected chi connectivity index (χ0v) is 17.6. The van der Waals surface area contributed by atoms with E-state index >= 15 is 0 Å².